The number of hydrogen-bond donors (Lipinski definition) is 1. The lowest BCUT2D eigenvalue weighted by Gasteiger charge is -2.02. The molecule has 2 heterocycles. The molecule has 20 heavy (non-hydrogen) atoms. The van der Waals surface area contributed by atoms with Crippen molar-refractivity contribution in [2.24, 2.45) is 0 Å². The molecule has 6 heteroatoms. The zero-order valence-electron chi connectivity index (χ0n) is 10.5. The number of aromatic nitrogens is 1. The molecule has 0 amide bonds. The highest BCUT2D eigenvalue weighted by Gasteiger charge is 2.22. The quantitative estimate of drug-likeness (QED) is 0.743. The fraction of sp³-hybridized carbons (Fsp3) is 0.0714. The SMILES string of the molecule is Cc1csc(-c2onc(N)c2-c2cccc(F)c2)c1Cl. The van der Waals surface area contributed by atoms with Gasteiger partial charge >= 0.3 is 0 Å². The Hall–Kier alpha value is -1.85. The Labute approximate surface area is 123 Å². The van der Waals surface area contributed by atoms with Crippen LogP contribution in [0.15, 0.2) is 34.2 Å². The van der Waals surface area contributed by atoms with Crippen LogP contribution in [0.25, 0.3) is 21.8 Å². The van der Waals surface area contributed by atoms with Gasteiger partial charge in [0.2, 0.25) is 0 Å². The van der Waals surface area contributed by atoms with E-state index in [1.807, 2.05) is 12.3 Å². The number of thiophene rings is 1. The van der Waals surface area contributed by atoms with Gasteiger partial charge in [0.25, 0.3) is 0 Å². The summed E-state index contributed by atoms with van der Waals surface area (Å²) < 4.78 is 18.7. The molecule has 0 aliphatic heterocycles. The molecular weight excluding hydrogens is 299 g/mol. The normalized spacial score (nSPS) is 10.9. The molecule has 0 unspecified atom stereocenters. The minimum atomic E-state index is -0.345. The second-order valence-electron chi connectivity index (χ2n) is 4.34. The number of halogens is 2. The van der Waals surface area contributed by atoms with Gasteiger partial charge in [-0.3, -0.25) is 0 Å². The zero-order chi connectivity index (χ0) is 14.3. The first kappa shape index (κ1) is 13.1. The summed E-state index contributed by atoms with van der Waals surface area (Å²) in [5.74, 6) is 0.339. The van der Waals surface area contributed by atoms with E-state index in [2.05, 4.69) is 5.16 Å². The predicted octanol–water partition coefficient (Wildman–Crippen LogP) is 4.75. The molecule has 3 aromatic rings. The van der Waals surface area contributed by atoms with Crippen molar-refractivity contribution in [3.05, 3.63) is 46.0 Å². The van der Waals surface area contributed by atoms with E-state index in [1.54, 1.807) is 12.1 Å². The molecule has 0 fully saturated rings. The molecule has 3 rings (SSSR count). The van der Waals surface area contributed by atoms with Crippen molar-refractivity contribution in [1.29, 1.82) is 0 Å². The average Bonchev–Trinajstić information content (AvgIpc) is 2.94. The Bertz CT molecular complexity index is 781. The lowest BCUT2D eigenvalue weighted by Crippen LogP contribution is -1.89. The van der Waals surface area contributed by atoms with Crippen LogP contribution in [-0.4, -0.2) is 5.16 Å². The Morgan fingerprint density at radius 1 is 1.40 bits per heavy atom. The van der Waals surface area contributed by atoms with Gasteiger partial charge in [-0.15, -0.1) is 11.3 Å². The number of nitrogens with zero attached hydrogens (tertiary/aromatic N) is 1. The van der Waals surface area contributed by atoms with Crippen LogP contribution in [-0.2, 0) is 0 Å². The summed E-state index contributed by atoms with van der Waals surface area (Å²) in [6.07, 6.45) is 0. The van der Waals surface area contributed by atoms with Crippen LogP contribution in [0.3, 0.4) is 0 Å². The van der Waals surface area contributed by atoms with Gasteiger partial charge in [0.1, 0.15) is 5.82 Å². The Morgan fingerprint density at radius 2 is 2.20 bits per heavy atom. The van der Waals surface area contributed by atoms with Crippen LogP contribution in [0.2, 0.25) is 5.02 Å². The Balaban J connectivity index is 2.22. The molecule has 2 aromatic heterocycles. The van der Waals surface area contributed by atoms with Crippen molar-refractivity contribution in [3.63, 3.8) is 0 Å². The smallest absolute Gasteiger partial charge is 0.188 e. The molecule has 0 bridgehead atoms. The van der Waals surface area contributed by atoms with E-state index < -0.39 is 0 Å². The molecule has 0 saturated carbocycles. The third kappa shape index (κ3) is 2.09. The highest BCUT2D eigenvalue weighted by Crippen LogP contribution is 2.43. The minimum absolute atomic E-state index is 0.215. The molecule has 0 atom stereocenters. The molecule has 0 spiro atoms. The molecule has 0 radical (unpaired) electrons. The van der Waals surface area contributed by atoms with Crippen molar-refractivity contribution in [2.75, 3.05) is 5.73 Å². The summed E-state index contributed by atoms with van der Waals surface area (Å²) in [6, 6.07) is 6.13. The summed E-state index contributed by atoms with van der Waals surface area (Å²) in [6.45, 7) is 1.91. The Kier molecular flexibility index (Phi) is 3.23. The van der Waals surface area contributed by atoms with E-state index in [9.17, 15) is 4.39 Å². The summed E-state index contributed by atoms with van der Waals surface area (Å²) in [5.41, 5.74) is 7.98. The third-order valence-corrected chi connectivity index (χ3v) is 4.63. The summed E-state index contributed by atoms with van der Waals surface area (Å²) in [4.78, 5) is 0.743. The number of rotatable bonds is 2. The van der Waals surface area contributed by atoms with Crippen LogP contribution < -0.4 is 5.73 Å². The van der Waals surface area contributed by atoms with E-state index >= 15 is 0 Å². The molecule has 102 valence electrons. The van der Waals surface area contributed by atoms with E-state index in [0.717, 1.165) is 10.4 Å². The third-order valence-electron chi connectivity index (χ3n) is 2.94. The van der Waals surface area contributed by atoms with Gasteiger partial charge in [-0.05, 0) is 35.6 Å². The predicted molar refractivity (Wildman–Crippen MR) is 79.4 cm³/mol. The standard InChI is InChI=1S/C14H10ClFN2OS/c1-7-6-20-13(11(7)15)12-10(14(17)18-19-12)8-3-2-4-9(16)5-8/h2-6H,1H3,(H2,17,18). The lowest BCUT2D eigenvalue weighted by atomic mass is 10.0. The molecule has 3 nitrogen and oxygen atoms in total. The fourth-order valence-electron chi connectivity index (χ4n) is 1.96. The van der Waals surface area contributed by atoms with Crippen molar-refractivity contribution >= 4 is 28.8 Å². The first-order valence-corrected chi connectivity index (χ1v) is 7.08. The fourth-order valence-corrected chi connectivity index (χ4v) is 3.23. The van der Waals surface area contributed by atoms with E-state index in [4.69, 9.17) is 21.9 Å². The van der Waals surface area contributed by atoms with Crippen LogP contribution in [0.5, 0.6) is 0 Å². The first-order chi connectivity index (χ1) is 9.58. The molecular formula is C14H10ClFN2OS. The summed E-state index contributed by atoms with van der Waals surface area (Å²) >= 11 is 7.69. The van der Waals surface area contributed by atoms with Gasteiger partial charge in [0.05, 0.1) is 15.5 Å². The van der Waals surface area contributed by atoms with Crippen LogP contribution in [0, 0.1) is 12.7 Å². The summed E-state index contributed by atoms with van der Waals surface area (Å²) in [7, 11) is 0. The highest BCUT2D eigenvalue weighted by atomic mass is 35.5. The van der Waals surface area contributed by atoms with Gasteiger partial charge in [0, 0.05) is 0 Å². The maximum Gasteiger partial charge on any atom is 0.188 e. The number of benzene rings is 1. The monoisotopic (exact) mass is 308 g/mol. The van der Waals surface area contributed by atoms with Gasteiger partial charge in [0.15, 0.2) is 11.6 Å². The maximum absolute atomic E-state index is 13.4. The number of hydrogen-bond acceptors (Lipinski definition) is 4. The maximum atomic E-state index is 13.4. The lowest BCUT2D eigenvalue weighted by molar-refractivity contribution is 0.437. The minimum Gasteiger partial charge on any atom is -0.380 e. The van der Waals surface area contributed by atoms with Crippen LogP contribution >= 0.6 is 22.9 Å². The second-order valence-corrected chi connectivity index (χ2v) is 5.60. The molecule has 0 saturated heterocycles. The van der Waals surface area contributed by atoms with Gasteiger partial charge in [-0.25, -0.2) is 4.39 Å². The van der Waals surface area contributed by atoms with Gasteiger partial charge < -0.3 is 10.3 Å². The topological polar surface area (TPSA) is 52.0 Å². The largest absolute Gasteiger partial charge is 0.380 e. The number of nitrogens with two attached hydrogens (primary N) is 1. The molecule has 0 aliphatic rings. The van der Waals surface area contributed by atoms with Crippen LogP contribution in [0.1, 0.15) is 5.56 Å². The average molecular weight is 309 g/mol. The number of anilines is 1. The molecule has 1 aromatic carbocycles. The number of aryl methyl sites for hydroxylation is 1. The van der Waals surface area contributed by atoms with Crippen molar-refractivity contribution < 1.29 is 8.91 Å². The van der Waals surface area contributed by atoms with Crippen LogP contribution in [0.4, 0.5) is 10.2 Å². The highest BCUT2D eigenvalue weighted by molar-refractivity contribution is 7.14. The first-order valence-electron chi connectivity index (χ1n) is 5.83. The van der Waals surface area contributed by atoms with E-state index in [0.29, 0.717) is 21.9 Å². The van der Waals surface area contributed by atoms with E-state index in [1.165, 1.54) is 23.5 Å². The van der Waals surface area contributed by atoms with Gasteiger partial charge in [-0.2, -0.15) is 0 Å². The van der Waals surface area contributed by atoms with Gasteiger partial charge in [-0.1, -0.05) is 28.9 Å². The van der Waals surface area contributed by atoms with Crippen molar-refractivity contribution in [3.8, 4) is 21.8 Å². The molecule has 2 N–H and O–H groups in total. The summed E-state index contributed by atoms with van der Waals surface area (Å²) in [5, 5.41) is 6.30. The molecule has 0 aliphatic carbocycles. The second kappa shape index (κ2) is 4.92. The van der Waals surface area contributed by atoms with Crippen molar-refractivity contribution in [2.45, 2.75) is 6.92 Å². The van der Waals surface area contributed by atoms with Crippen molar-refractivity contribution in [1.82, 2.24) is 5.16 Å². The Morgan fingerprint density at radius 3 is 2.85 bits per heavy atom. The zero-order valence-corrected chi connectivity index (χ0v) is 12.1. The number of nitrogen functional groups attached to an aromatic ring is 1. The van der Waals surface area contributed by atoms with E-state index in [-0.39, 0.29) is 11.6 Å².